The third-order valence-corrected chi connectivity index (χ3v) is 8.66. The average molecular weight is 594 g/mol. The molecule has 0 atom stereocenters. The summed E-state index contributed by atoms with van der Waals surface area (Å²) in [5.74, 6) is -0.230. The number of aliphatic carboxylic acids is 1. The molecule has 190 valence electrons. The van der Waals surface area contributed by atoms with E-state index in [9.17, 15) is 18.3 Å². The summed E-state index contributed by atoms with van der Waals surface area (Å²) in [4.78, 5) is 13.7. The molecule has 10 heteroatoms. The number of carbonyl (C=O) groups is 1. The fraction of sp³-hybridized carbons (Fsp3) is 0.269. The van der Waals surface area contributed by atoms with Crippen molar-refractivity contribution in [2.75, 3.05) is 26.2 Å². The molecule has 0 radical (unpaired) electrons. The molecular weight excluding hydrogens is 568 g/mol. The van der Waals surface area contributed by atoms with Gasteiger partial charge in [-0.25, -0.2) is 8.42 Å². The molecule has 3 aromatic carbocycles. The van der Waals surface area contributed by atoms with Crippen LogP contribution in [0.1, 0.15) is 16.7 Å². The molecule has 0 aromatic heterocycles. The van der Waals surface area contributed by atoms with Crippen LogP contribution in [0.2, 0.25) is 5.02 Å². The molecular formula is C26H26BrClN2O5S. The van der Waals surface area contributed by atoms with E-state index in [1.54, 1.807) is 48.5 Å². The lowest BCUT2D eigenvalue weighted by Gasteiger charge is -2.34. The zero-order valence-electron chi connectivity index (χ0n) is 19.4. The van der Waals surface area contributed by atoms with Gasteiger partial charge in [0.2, 0.25) is 10.0 Å². The van der Waals surface area contributed by atoms with Crippen LogP contribution >= 0.6 is 27.5 Å². The van der Waals surface area contributed by atoms with E-state index in [4.69, 9.17) is 16.3 Å². The minimum atomic E-state index is -3.56. The number of nitrogens with zero attached hydrogens (tertiary/aromatic N) is 2. The summed E-state index contributed by atoms with van der Waals surface area (Å²) in [6, 6.07) is 19.5. The van der Waals surface area contributed by atoms with E-state index in [2.05, 4.69) is 20.8 Å². The average Bonchev–Trinajstić information content (AvgIpc) is 2.85. The maximum Gasteiger partial charge on any atom is 0.307 e. The minimum Gasteiger partial charge on any atom is -0.489 e. The van der Waals surface area contributed by atoms with E-state index in [0.29, 0.717) is 55.7 Å². The Hall–Kier alpha value is -2.43. The Kier molecular flexibility index (Phi) is 8.69. The van der Waals surface area contributed by atoms with Crippen molar-refractivity contribution in [1.29, 1.82) is 0 Å². The van der Waals surface area contributed by atoms with Crippen LogP contribution in [0.15, 0.2) is 76.1 Å². The minimum absolute atomic E-state index is 0.0797. The van der Waals surface area contributed by atoms with Gasteiger partial charge in [0.15, 0.2) is 0 Å². The zero-order valence-corrected chi connectivity index (χ0v) is 22.6. The zero-order chi connectivity index (χ0) is 25.7. The fourth-order valence-corrected chi connectivity index (χ4v) is 5.86. The second-order valence-corrected chi connectivity index (χ2v) is 11.9. The number of halogens is 2. The Balaban J connectivity index is 1.44. The van der Waals surface area contributed by atoms with Gasteiger partial charge in [-0.1, -0.05) is 51.8 Å². The van der Waals surface area contributed by atoms with Crippen LogP contribution in [0.3, 0.4) is 0 Å². The molecule has 1 fully saturated rings. The summed E-state index contributed by atoms with van der Waals surface area (Å²) >= 11 is 9.30. The van der Waals surface area contributed by atoms with Crippen molar-refractivity contribution in [3.05, 3.63) is 92.9 Å². The molecule has 1 N–H and O–H groups in total. The first-order chi connectivity index (χ1) is 17.2. The third-order valence-electron chi connectivity index (χ3n) is 5.96. The van der Waals surface area contributed by atoms with E-state index < -0.39 is 16.0 Å². The van der Waals surface area contributed by atoms with Crippen molar-refractivity contribution < 1.29 is 23.1 Å². The van der Waals surface area contributed by atoms with Crippen LogP contribution in [-0.2, 0) is 34.4 Å². The van der Waals surface area contributed by atoms with Crippen LogP contribution in [0.4, 0.5) is 0 Å². The first kappa shape index (κ1) is 26.6. The number of benzene rings is 3. The molecule has 0 amide bonds. The molecule has 0 bridgehead atoms. The van der Waals surface area contributed by atoms with Gasteiger partial charge >= 0.3 is 5.97 Å². The Labute approximate surface area is 224 Å². The predicted molar refractivity (Wildman–Crippen MR) is 142 cm³/mol. The van der Waals surface area contributed by atoms with Gasteiger partial charge in [-0.05, 0) is 53.6 Å². The summed E-state index contributed by atoms with van der Waals surface area (Å²) in [5, 5.41) is 9.87. The Morgan fingerprint density at radius 2 is 1.58 bits per heavy atom. The third kappa shape index (κ3) is 6.86. The number of piperazine rings is 1. The number of hydrogen-bond donors (Lipinski definition) is 1. The highest BCUT2D eigenvalue weighted by atomic mass is 79.9. The standard InChI is InChI=1S/C26H26BrClN2O5S/c27-22-4-8-24(9-5-22)36(33,34)30-13-11-29(12-14-30)17-21-15-20(16-26(31)32)3-10-25(21)35-18-19-1-6-23(28)7-2-19/h1-10,15H,11-14,16-18H2,(H,31,32). The normalized spacial score (nSPS) is 15.1. The SMILES string of the molecule is O=C(O)Cc1ccc(OCc2ccc(Cl)cc2)c(CN2CCN(S(=O)(=O)c3ccc(Br)cc3)CC2)c1. The highest BCUT2D eigenvalue weighted by molar-refractivity contribution is 9.10. The molecule has 1 aliphatic heterocycles. The molecule has 0 aliphatic carbocycles. The van der Waals surface area contributed by atoms with E-state index in [0.717, 1.165) is 15.6 Å². The van der Waals surface area contributed by atoms with Crippen LogP contribution in [0, 0.1) is 0 Å². The van der Waals surface area contributed by atoms with Crippen molar-refractivity contribution >= 4 is 43.5 Å². The maximum absolute atomic E-state index is 13.0. The quantitative estimate of drug-likeness (QED) is 0.383. The van der Waals surface area contributed by atoms with Gasteiger partial charge in [0.05, 0.1) is 11.3 Å². The lowest BCUT2D eigenvalue weighted by molar-refractivity contribution is -0.136. The number of carboxylic acids is 1. The van der Waals surface area contributed by atoms with E-state index in [-0.39, 0.29) is 11.3 Å². The largest absolute Gasteiger partial charge is 0.489 e. The summed E-state index contributed by atoms with van der Waals surface area (Å²) < 4.78 is 34.4. The summed E-state index contributed by atoms with van der Waals surface area (Å²) in [6.07, 6.45) is -0.0797. The first-order valence-electron chi connectivity index (χ1n) is 11.4. The van der Waals surface area contributed by atoms with Gasteiger partial charge in [0.1, 0.15) is 12.4 Å². The molecule has 0 unspecified atom stereocenters. The lowest BCUT2D eigenvalue weighted by atomic mass is 10.1. The molecule has 1 heterocycles. The maximum atomic E-state index is 13.0. The molecule has 0 saturated carbocycles. The topological polar surface area (TPSA) is 87.2 Å². The van der Waals surface area contributed by atoms with Crippen molar-refractivity contribution in [2.24, 2.45) is 0 Å². The van der Waals surface area contributed by atoms with Crippen molar-refractivity contribution in [3.8, 4) is 5.75 Å². The van der Waals surface area contributed by atoms with Crippen LogP contribution in [-0.4, -0.2) is 54.9 Å². The van der Waals surface area contributed by atoms with Crippen molar-refractivity contribution in [2.45, 2.75) is 24.5 Å². The summed E-state index contributed by atoms with van der Waals surface area (Å²) in [7, 11) is -3.56. The Bertz CT molecular complexity index is 1310. The highest BCUT2D eigenvalue weighted by Gasteiger charge is 2.28. The summed E-state index contributed by atoms with van der Waals surface area (Å²) in [6.45, 7) is 2.71. The van der Waals surface area contributed by atoms with Gasteiger partial charge in [-0.2, -0.15) is 4.31 Å². The van der Waals surface area contributed by atoms with Gasteiger partial charge in [-0.15, -0.1) is 0 Å². The van der Waals surface area contributed by atoms with Crippen LogP contribution < -0.4 is 4.74 Å². The molecule has 7 nitrogen and oxygen atoms in total. The van der Waals surface area contributed by atoms with Crippen LogP contribution in [0.25, 0.3) is 0 Å². The Morgan fingerprint density at radius 3 is 2.22 bits per heavy atom. The van der Waals surface area contributed by atoms with E-state index in [1.807, 2.05) is 18.2 Å². The Morgan fingerprint density at radius 1 is 0.944 bits per heavy atom. The fourth-order valence-electron chi connectivity index (χ4n) is 4.05. The molecule has 36 heavy (non-hydrogen) atoms. The number of ether oxygens (including phenoxy) is 1. The van der Waals surface area contributed by atoms with Crippen LogP contribution in [0.5, 0.6) is 5.75 Å². The van der Waals surface area contributed by atoms with Crippen molar-refractivity contribution in [3.63, 3.8) is 0 Å². The number of hydrogen-bond acceptors (Lipinski definition) is 5. The molecule has 4 rings (SSSR count). The predicted octanol–water partition coefficient (Wildman–Crippen LogP) is 4.82. The van der Waals surface area contributed by atoms with Gasteiger partial charge < -0.3 is 9.84 Å². The van der Waals surface area contributed by atoms with E-state index >= 15 is 0 Å². The molecule has 1 aliphatic rings. The smallest absolute Gasteiger partial charge is 0.307 e. The highest BCUT2D eigenvalue weighted by Crippen LogP contribution is 2.26. The van der Waals surface area contributed by atoms with Crippen molar-refractivity contribution in [1.82, 2.24) is 9.21 Å². The summed E-state index contributed by atoms with van der Waals surface area (Å²) in [5.41, 5.74) is 2.52. The molecule has 3 aromatic rings. The first-order valence-corrected chi connectivity index (χ1v) is 14.0. The second kappa shape index (κ2) is 11.7. The van der Waals surface area contributed by atoms with Gasteiger partial charge in [0.25, 0.3) is 0 Å². The monoisotopic (exact) mass is 592 g/mol. The molecule has 0 spiro atoms. The second-order valence-electron chi connectivity index (χ2n) is 8.56. The van der Waals surface area contributed by atoms with E-state index in [1.165, 1.54) is 4.31 Å². The lowest BCUT2D eigenvalue weighted by Crippen LogP contribution is -2.48. The number of carboxylic acid groups (broad SMARTS) is 1. The number of sulfonamides is 1. The van der Waals surface area contributed by atoms with Gasteiger partial charge in [0, 0.05) is 47.8 Å². The molecule has 1 saturated heterocycles. The number of rotatable bonds is 9. The van der Waals surface area contributed by atoms with Gasteiger partial charge in [-0.3, -0.25) is 9.69 Å².